The maximum Gasteiger partial charge on any atom is 0.414 e. The number of benzene rings is 2. The largest absolute Gasteiger partial charge is 0.473 e. The Morgan fingerprint density at radius 2 is 1.58 bits per heavy atom. The van der Waals surface area contributed by atoms with Gasteiger partial charge in [0.15, 0.2) is 5.16 Å². The van der Waals surface area contributed by atoms with Crippen molar-refractivity contribution in [1.82, 2.24) is 19.4 Å². The summed E-state index contributed by atoms with van der Waals surface area (Å²) in [6.07, 6.45) is 3.65. The molecule has 10 nitrogen and oxygen atoms in total. The molecule has 2 aromatic carbocycles. The van der Waals surface area contributed by atoms with E-state index >= 15 is 0 Å². The summed E-state index contributed by atoms with van der Waals surface area (Å²) < 4.78 is 7.56. The predicted octanol–water partition coefficient (Wildman–Crippen LogP) is 3.40. The zero-order valence-corrected chi connectivity index (χ0v) is 21.2. The number of aliphatic carboxylic acids is 2. The molecule has 11 heteroatoms. The summed E-state index contributed by atoms with van der Waals surface area (Å²) >= 11 is 1.70. The molecule has 5 rings (SSSR count). The number of carbonyl (C=O) groups is 3. The highest BCUT2D eigenvalue weighted by atomic mass is 32.2. The van der Waals surface area contributed by atoms with Crippen LogP contribution in [0.5, 0.6) is 0 Å². The SMILES string of the molecule is O=C(O)C(=O)O.O=C(c1ccc(CSc2nc3ccncc3n2Cc2ccccc2)cc1)N1CCOCC1. The van der Waals surface area contributed by atoms with E-state index in [2.05, 4.69) is 33.8 Å². The summed E-state index contributed by atoms with van der Waals surface area (Å²) in [5, 5.41) is 15.7. The monoisotopic (exact) mass is 534 g/mol. The third kappa shape index (κ3) is 6.96. The van der Waals surface area contributed by atoms with Gasteiger partial charge in [-0.05, 0) is 29.3 Å². The molecule has 1 fully saturated rings. The molecule has 0 saturated carbocycles. The van der Waals surface area contributed by atoms with E-state index in [-0.39, 0.29) is 5.91 Å². The van der Waals surface area contributed by atoms with Crippen molar-refractivity contribution in [2.75, 3.05) is 26.3 Å². The van der Waals surface area contributed by atoms with E-state index in [9.17, 15) is 4.79 Å². The summed E-state index contributed by atoms with van der Waals surface area (Å²) in [5.74, 6) is -2.80. The van der Waals surface area contributed by atoms with Crippen molar-refractivity contribution in [2.45, 2.75) is 17.5 Å². The molecular formula is C27H26N4O6S. The third-order valence-electron chi connectivity index (χ3n) is 5.75. The number of imidazole rings is 1. The Morgan fingerprint density at radius 1 is 0.895 bits per heavy atom. The number of ether oxygens (including phenoxy) is 1. The number of amides is 1. The molecule has 1 aliphatic rings. The molecule has 2 N–H and O–H groups in total. The van der Waals surface area contributed by atoms with Crippen LogP contribution in [0.15, 0.2) is 78.2 Å². The fourth-order valence-electron chi connectivity index (χ4n) is 3.82. The highest BCUT2D eigenvalue weighted by Gasteiger charge is 2.18. The second-order valence-corrected chi connectivity index (χ2v) is 9.27. The van der Waals surface area contributed by atoms with Crippen LogP contribution in [0.3, 0.4) is 0 Å². The van der Waals surface area contributed by atoms with Gasteiger partial charge in [0, 0.05) is 30.6 Å². The molecule has 1 aliphatic heterocycles. The first kappa shape index (κ1) is 26.8. The Bertz CT molecular complexity index is 1390. The van der Waals surface area contributed by atoms with Gasteiger partial charge in [0.2, 0.25) is 0 Å². The second-order valence-electron chi connectivity index (χ2n) is 8.33. The van der Waals surface area contributed by atoms with Crippen LogP contribution in [-0.2, 0) is 26.6 Å². The molecule has 4 aromatic rings. The van der Waals surface area contributed by atoms with Crippen molar-refractivity contribution in [3.63, 3.8) is 0 Å². The lowest BCUT2D eigenvalue weighted by Crippen LogP contribution is -2.40. The van der Waals surface area contributed by atoms with Crippen LogP contribution in [0, 0.1) is 0 Å². The Balaban J connectivity index is 0.000000505. The van der Waals surface area contributed by atoms with Gasteiger partial charge in [-0.15, -0.1) is 0 Å². The van der Waals surface area contributed by atoms with Crippen LogP contribution < -0.4 is 0 Å². The molecule has 0 bridgehead atoms. The molecule has 0 spiro atoms. The quantitative estimate of drug-likeness (QED) is 0.282. The molecule has 0 atom stereocenters. The van der Waals surface area contributed by atoms with Crippen molar-refractivity contribution < 1.29 is 29.3 Å². The molecule has 0 unspecified atom stereocenters. The molecule has 1 saturated heterocycles. The minimum absolute atomic E-state index is 0.0738. The lowest BCUT2D eigenvalue weighted by molar-refractivity contribution is -0.159. The van der Waals surface area contributed by atoms with E-state index in [0.29, 0.717) is 26.3 Å². The lowest BCUT2D eigenvalue weighted by atomic mass is 10.1. The summed E-state index contributed by atoms with van der Waals surface area (Å²) in [6.45, 7) is 3.28. The van der Waals surface area contributed by atoms with Gasteiger partial charge in [0.05, 0.1) is 37.0 Å². The number of thioether (sulfide) groups is 1. The van der Waals surface area contributed by atoms with E-state index in [4.69, 9.17) is 29.5 Å². The highest BCUT2D eigenvalue weighted by molar-refractivity contribution is 7.98. The maximum atomic E-state index is 12.7. The Morgan fingerprint density at radius 3 is 2.24 bits per heavy atom. The van der Waals surface area contributed by atoms with Crippen LogP contribution in [0.4, 0.5) is 0 Å². The van der Waals surface area contributed by atoms with Gasteiger partial charge < -0.3 is 24.4 Å². The molecule has 196 valence electrons. The molecule has 38 heavy (non-hydrogen) atoms. The zero-order valence-electron chi connectivity index (χ0n) is 20.4. The number of pyridine rings is 1. The Hall–Kier alpha value is -4.22. The molecule has 1 amide bonds. The summed E-state index contributed by atoms with van der Waals surface area (Å²) in [4.78, 5) is 41.8. The predicted molar refractivity (Wildman–Crippen MR) is 141 cm³/mol. The van der Waals surface area contributed by atoms with Gasteiger partial charge in [-0.2, -0.15) is 0 Å². The Kier molecular flexibility index (Phi) is 9.07. The van der Waals surface area contributed by atoms with Crippen molar-refractivity contribution in [3.05, 3.63) is 89.7 Å². The number of hydrogen-bond acceptors (Lipinski definition) is 7. The number of aromatic nitrogens is 3. The van der Waals surface area contributed by atoms with Crippen LogP contribution in [-0.4, -0.2) is 73.8 Å². The summed E-state index contributed by atoms with van der Waals surface area (Å²) in [7, 11) is 0. The van der Waals surface area contributed by atoms with E-state index in [1.165, 1.54) is 5.56 Å². The van der Waals surface area contributed by atoms with Gasteiger partial charge in [0.1, 0.15) is 0 Å². The van der Waals surface area contributed by atoms with E-state index in [0.717, 1.165) is 39.6 Å². The van der Waals surface area contributed by atoms with Gasteiger partial charge in [-0.25, -0.2) is 14.6 Å². The molecule has 3 heterocycles. The fourth-order valence-corrected chi connectivity index (χ4v) is 4.79. The van der Waals surface area contributed by atoms with Crippen molar-refractivity contribution >= 4 is 40.6 Å². The van der Waals surface area contributed by atoms with Crippen LogP contribution in [0.1, 0.15) is 21.5 Å². The topological polar surface area (TPSA) is 135 Å². The first-order chi connectivity index (χ1) is 18.4. The summed E-state index contributed by atoms with van der Waals surface area (Å²) in [5.41, 5.74) is 5.09. The lowest BCUT2D eigenvalue weighted by Gasteiger charge is -2.26. The average Bonchev–Trinajstić information content (AvgIpc) is 3.30. The second kappa shape index (κ2) is 12.8. The number of hydrogen-bond donors (Lipinski definition) is 2. The standard InChI is InChI=1S/C25H24N4O2S.C2H2O4/c30-24(28-12-14-31-15-13-28)21-8-6-20(7-9-21)18-32-25-27-22-10-11-26-16-23(22)29(25)17-19-4-2-1-3-5-19;3-1(4)2(5)6/h1-11,16H,12-15,17-18H2;(H,3,4)(H,5,6). The van der Waals surface area contributed by atoms with Gasteiger partial charge in [-0.1, -0.05) is 54.2 Å². The number of carboxylic acid groups (broad SMARTS) is 2. The minimum Gasteiger partial charge on any atom is -0.473 e. The van der Waals surface area contributed by atoms with Crippen LogP contribution in [0.25, 0.3) is 11.0 Å². The van der Waals surface area contributed by atoms with Gasteiger partial charge >= 0.3 is 11.9 Å². The number of fused-ring (bicyclic) bond motifs is 1. The maximum absolute atomic E-state index is 12.7. The van der Waals surface area contributed by atoms with E-state index < -0.39 is 11.9 Å². The first-order valence-corrected chi connectivity index (χ1v) is 12.8. The number of carboxylic acids is 2. The third-order valence-corrected chi connectivity index (χ3v) is 6.80. The average molecular weight is 535 g/mol. The van der Waals surface area contributed by atoms with Crippen LogP contribution in [0.2, 0.25) is 0 Å². The smallest absolute Gasteiger partial charge is 0.414 e. The minimum atomic E-state index is -1.82. The molecule has 0 radical (unpaired) electrons. The van der Waals surface area contributed by atoms with Crippen molar-refractivity contribution in [1.29, 1.82) is 0 Å². The number of nitrogens with zero attached hydrogens (tertiary/aromatic N) is 4. The highest BCUT2D eigenvalue weighted by Crippen LogP contribution is 2.27. The number of carbonyl (C=O) groups excluding carboxylic acids is 1. The normalized spacial score (nSPS) is 13.0. The number of morpholine rings is 1. The first-order valence-electron chi connectivity index (χ1n) is 11.8. The summed E-state index contributed by atoms with van der Waals surface area (Å²) in [6, 6.07) is 20.3. The Labute approximate surface area is 222 Å². The van der Waals surface area contributed by atoms with E-state index in [1.807, 2.05) is 47.5 Å². The molecule has 2 aromatic heterocycles. The van der Waals surface area contributed by atoms with Crippen molar-refractivity contribution in [3.8, 4) is 0 Å². The van der Waals surface area contributed by atoms with Gasteiger partial charge in [0.25, 0.3) is 5.91 Å². The van der Waals surface area contributed by atoms with Crippen LogP contribution >= 0.6 is 11.8 Å². The molecule has 0 aliphatic carbocycles. The fraction of sp³-hybridized carbons (Fsp3) is 0.222. The van der Waals surface area contributed by atoms with E-state index in [1.54, 1.807) is 18.0 Å². The van der Waals surface area contributed by atoms with Gasteiger partial charge in [-0.3, -0.25) is 9.78 Å². The number of rotatable bonds is 6. The molecular weight excluding hydrogens is 508 g/mol. The zero-order chi connectivity index (χ0) is 26.9. The van der Waals surface area contributed by atoms with Crippen molar-refractivity contribution in [2.24, 2.45) is 0 Å².